The summed E-state index contributed by atoms with van der Waals surface area (Å²) in [7, 11) is 3.70. The van der Waals surface area contributed by atoms with Gasteiger partial charge in [0, 0.05) is 60.7 Å². The molecule has 2 aromatic heterocycles. The van der Waals surface area contributed by atoms with Crippen LogP contribution in [0, 0.1) is 12.7 Å². The lowest BCUT2D eigenvalue weighted by molar-refractivity contribution is 0.102. The number of aromatic nitrogens is 4. The minimum Gasteiger partial charge on any atom is -0.369 e. The third-order valence-electron chi connectivity index (χ3n) is 5.96. The van der Waals surface area contributed by atoms with E-state index in [0.29, 0.717) is 34.0 Å². The molecule has 9 heteroatoms. The predicted octanol–water partition coefficient (Wildman–Crippen LogP) is 3.01. The maximum atomic E-state index is 14.4. The van der Waals surface area contributed by atoms with Crippen LogP contribution in [0.5, 0.6) is 0 Å². The highest BCUT2D eigenvalue weighted by molar-refractivity contribution is 6.14. The monoisotopic (exact) mass is 433 g/mol. The molecule has 2 N–H and O–H groups in total. The lowest BCUT2D eigenvalue weighted by Crippen LogP contribution is -2.29. The lowest BCUT2D eigenvalue weighted by Gasteiger charge is -2.21. The first-order chi connectivity index (χ1) is 15.4. The number of anilines is 2. The summed E-state index contributed by atoms with van der Waals surface area (Å²) in [5.74, 6) is -0.247. The van der Waals surface area contributed by atoms with Gasteiger partial charge < -0.3 is 15.5 Å². The highest BCUT2D eigenvalue weighted by atomic mass is 19.1. The number of hydrogen-bond donors (Lipinski definition) is 2. The smallest absolute Gasteiger partial charge is 0.257 e. The van der Waals surface area contributed by atoms with Crippen LogP contribution in [0.15, 0.2) is 36.7 Å². The molecule has 1 atom stereocenters. The fraction of sp³-hybridized carbons (Fsp3) is 0.304. The van der Waals surface area contributed by atoms with Crippen LogP contribution in [-0.4, -0.2) is 51.8 Å². The van der Waals surface area contributed by atoms with Crippen molar-refractivity contribution in [1.82, 2.24) is 25.1 Å². The Morgan fingerprint density at radius 3 is 2.88 bits per heavy atom. The van der Waals surface area contributed by atoms with Gasteiger partial charge in [0.15, 0.2) is 5.82 Å². The van der Waals surface area contributed by atoms with Crippen LogP contribution < -0.4 is 15.5 Å². The van der Waals surface area contributed by atoms with Gasteiger partial charge in [0.1, 0.15) is 11.3 Å². The quantitative estimate of drug-likeness (QED) is 0.514. The second-order valence-corrected chi connectivity index (χ2v) is 8.18. The van der Waals surface area contributed by atoms with Crippen molar-refractivity contribution in [2.75, 3.05) is 30.4 Å². The van der Waals surface area contributed by atoms with Crippen LogP contribution >= 0.6 is 0 Å². The molecule has 8 nitrogen and oxygen atoms in total. The van der Waals surface area contributed by atoms with E-state index >= 15 is 0 Å². The number of carbonyl (C=O) groups excluding carboxylic acids is 1. The van der Waals surface area contributed by atoms with E-state index in [1.165, 1.54) is 6.07 Å². The minimum absolute atomic E-state index is 0.272. The number of hydrogen-bond acceptors (Lipinski definition) is 6. The molecule has 1 aliphatic rings. The molecule has 5 rings (SSSR count). The van der Waals surface area contributed by atoms with Crippen molar-refractivity contribution in [2.24, 2.45) is 7.05 Å². The third kappa shape index (κ3) is 3.54. The molecule has 4 aromatic rings. The van der Waals surface area contributed by atoms with Crippen molar-refractivity contribution in [1.29, 1.82) is 0 Å². The number of amides is 1. The van der Waals surface area contributed by atoms with Crippen LogP contribution in [0.1, 0.15) is 22.6 Å². The molecule has 0 spiro atoms. The molecule has 164 valence electrons. The normalized spacial score (nSPS) is 16.2. The fourth-order valence-electron chi connectivity index (χ4n) is 4.35. The van der Waals surface area contributed by atoms with Crippen molar-refractivity contribution in [3.63, 3.8) is 0 Å². The van der Waals surface area contributed by atoms with E-state index in [9.17, 15) is 9.18 Å². The minimum atomic E-state index is -0.482. The molecule has 0 bridgehead atoms. The first-order valence-electron chi connectivity index (χ1n) is 10.6. The fourth-order valence-corrected chi connectivity index (χ4v) is 4.35. The zero-order chi connectivity index (χ0) is 22.4. The van der Waals surface area contributed by atoms with E-state index in [4.69, 9.17) is 0 Å². The molecule has 0 aliphatic carbocycles. The van der Waals surface area contributed by atoms with Crippen molar-refractivity contribution in [3.8, 4) is 0 Å². The molecule has 0 radical (unpaired) electrons. The van der Waals surface area contributed by atoms with Gasteiger partial charge in [0.25, 0.3) is 5.91 Å². The molecule has 32 heavy (non-hydrogen) atoms. The lowest BCUT2D eigenvalue weighted by atomic mass is 10.1. The van der Waals surface area contributed by atoms with Gasteiger partial charge in [-0.25, -0.2) is 14.4 Å². The van der Waals surface area contributed by atoms with Gasteiger partial charge in [-0.15, -0.1) is 0 Å². The third-order valence-corrected chi connectivity index (χ3v) is 5.96. The number of nitrogens with one attached hydrogen (secondary N) is 2. The van der Waals surface area contributed by atoms with E-state index < -0.39 is 5.82 Å². The Morgan fingerprint density at radius 2 is 2.09 bits per heavy atom. The van der Waals surface area contributed by atoms with Crippen LogP contribution in [0.2, 0.25) is 0 Å². The zero-order valence-electron chi connectivity index (χ0n) is 18.2. The molecule has 1 amide bonds. The number of benzene rings is 2. The average Bonchev–Trinajstić information content (AvgIpc) is 3.39. The summed E-state index contributed by atoms with van der Waals surface area (Å²) in [4.78, 5) is 24.4. The van der Waals surface area contributed by atoms with Crippen LogP contribution in [-0.2, 0) is 7.05 Å². The maximum absolute atomic E-state index is 14.4. The largest absolute Gasteiger partial charge is 0.369 e. The second kappa shape index (κ2) is 7.83. The van der Waals surface area contributed by atoms with Gasteiger partial charge in [0.05, 0.1) is 11.1 Å². The Labute approximate surface area is 184 Å². The molecular weight excluding hydrogens is 409 g/mol. The topological polar surface area (TPSA) is 88.0 Å². The van der Waals surface area contributed by atoms with Gasteiger partial charge in [0.2, 0.25) is 0 Å². The maximum Gasteiger partial charge on any atom is 0.257 e. The van der Waals surface area contributed by atoms with Gasteiger partial charge in [-0.1, -0.05) is 0 Å². The Morgan fingerprint density at radius 1 is 1.25 bits per heavy atom. The van der Waals surface area contributed by atoms with E-state index in [-0.39, 0.29) is 11.4 Å². The molecular formula is C23H24FN7O. The Balaban J connectivity index is 1.52. The number of halogens is 1. The molecule has 3 heterocycles. The van der Waals surface area contributed by atoms with Crippen LogP contribution in [0.4, 0.5) is 15.8 Å². The number of likely N-dealkylation sites (N-methyl/N-ethyl adjacent to an activating group) is 1. The summed E-state index contributed by atoms with van der Waals surface area (Å²) in [6, 6.07) is 7.15. The van der Waals surface area contributed by atoms with Crippen molar-refractivity contribution >= 4 is 39.1 Å². The second-order valence-electron chi connectivity index (χ2n) is 8.18. The zero-order valence-corrected chi connectivity index (χ0v) is 18.2. The predicted molar refractivity (Wildman–Crippen MR) is 123 cm³/mol. The summed E-state index contributed by atoms with van der Waals surface area (Å²) < 4.78 is 16.0. The van der Waals surface area contributed by atoms with Gasteiger partial charge >= 0.3 is 0 Å². The average molecular weight is 433 g/mol. The van der Waals surface area contributed by atoms with Crippen molar-refractivity contribution in [3.05, 3.63) is 53.9 Å². The van der Waals surface area contributed by atoms with Gasteiger partial charge in [-0.3, -0.25) is 9.48 Å². The highest BCUT2D eigenvalue weighted by Gasteiger charge is 2.24. The summed E-state index contributed by atoms with van der Waals surface area (Å²) in [6.45, 7) is 3.60. The van der Waals surface area contributed by atoms with Crippen LogP contribution in [0.3, 0.4) is 0 Å². The number of rotatable bonds is 4. The summed E-state index contributed by atoms with van der Waals surface area (Å²) in [5, 5.41) is 11.7. The molecule has 0 saturated carbocycles. The number of fused-ring (bicyclic) bond motifs is 2. The van der Waals surface area contributed by atoms with E-state index in [0.717, 1.165) is 30.6 Å². The van der Waals surface area contributed by atoms with E-state index in [2.05, 4.69) is 30.6 Å². The summed E-state index contributed by atoms with van der Waals surface area (Å²) >= 11 is 0. The van der Waals surface area contributed by atoms with Gasteiger partial charge in [-0.05, 0) is 44.7 Å². The van der Waals surface area contributed by atoms with E-state index in [1.54, 1.807) is 43.2 Å². The molecule has 0 unspecified atom stereocenters. The highest BCUT2D eigenvalue weighted by Crippen LogP contribution is 2.31. The Kier molecular flexibility index (Phi) is 4.97. The first-order valence-corrected chi connectivity index (χ1v) is 10.6. The van der Waals surface area contributed by atoms with Crippen molar-refractivity contribution in [2.45, 2.75) is 19.4 Å². The van der Waals surface area contributed by atoms with Gasteiger partial charge in [-0.2, -0.15) is 5.10 Å². The SMILES string of the molecule is CN[C@@H]1CCN(c2ccc(C(=O)Nc3cc(F)c4nn(C)cc4c3)c3nc(C)ncc23)C1. The summed E-state index contributed by atoms with van der Waals surface area (Å²) in [5.41, 5.74) is 2.66. The number of nitrogens with zero attached hydrogens (tertiary/aromatic N) is 5. The first kappa shape index (κ1) is 20.3. The molecule has 2 aromatic carbocycles. The number of aryl methyl sites for hydroxylation is 2. The standard InChI is InChI=1S/C23H24FN7O/c1-13-26-10-18-20(31-7-6-15(12-31)25-2)5-4-17(22(18)27-13)23(32)28-16-8-14-11-30(3)29-21(14)19(24)9-16/h4-5,8-11,15,25H,6-7,12H2,1-3H3,(H,28,32)/t15-/m1/s1. The number of carbonyl (C=O) groups is 1. The summed E-state index contributed by atoms with van der Waals surface area (Å²) in [6.07, 6.45) is 4.54. The Hall–Kier alpha value is -3.59. The molecule has 1 aliphatic heterocycles. The molecule has 1 saturated heterocycles. The van der Waals surface area contributed by atoms with Crippen LogP contribution in [0.25, 0.3) is 21.8 Å². The van der Waals surface area contributed by atoms with Crippen molar-refractivity contribution < 1.29 is 9.18 Å². The van der Waals surface area contributed by atoms with E-state index in [1.807, 2.05) is 13.1 Å². The Bertz CT molecular complexity index is 1350. The molecule has 1 fully saturated rings.